The molecule has 2 atom stereocenters. The average Bonchev–Trinajstić information content (AvgIpc) is 3.26. The van der Waals surface area contributed by atoms with Crippen molar-refractivity contribution in [3.05, 3.63) is 94.4 Å². The topological polar surface area (TPSA) is 72.8 Å². The van der Waals surface area contributed by atoms with Gasteiger partial charge in [0, 0.05) is 56.7 Å². The summed E-state index contributed by atoms with van der Waals surface area (Å²) >= 11 is 0. The largest absolute Gasteiger partial charge is 1.00 e. The number of hydrogen-bond acceptors (Lipinski definition) is 5. The zero-order valence-corrected chi connectivity index (χ0v) is 25.9. The van der Waals surface area contributed by atoms with E-state index in [1.807, 2.05) is 42.7 Å². The van der Waals surface area contributed by atoms with Gasteiger partial charge in [-0.25, -0.2) is 9.07 Å². The van der Waals surface area contributed by atoms with Gasteiger partial charge in [-0.1, -0.05) is 30.3 Å². The highest BCUT2D eigenvalue weighted by atomic mass is 35.5. The number of rotatable bonds is 8. The molecule has 4 heterocycles. The molecule has 11 heteroatoms. The predicted molar refractivity (Wildman–Crippen MR) is 157 cm³/mol. The van der Waals surface area contributed by atoms with Gasteiger partial charge in [-0.15, -0.1) is 0 Å². The van der Waals surface area contributed by atoms with Crippen LogP contribution in [0.15, 0.2) is 71.8 Å². The second-order valence-corrected chi connectivity index (χ2v) is 11.5. The SMILES string of the molecule is O=c1c2ccccc2c(Cc2ccc(F)cc2)nn1C1CCC[NH+](CCCN2CC[NH+](c3ncccn3)CC2)CC1.[Cl-].[Cl-]. The number of nitrogens with one attached hydrogen (secondary N) is 2. The first kappa shape index (κ1) is 33.0. The Labute approximate surface area is 264 Å². The molecule has 0 radical (unpaired) electrons. The lowest BCUT2D eigenvalue weighted by atomic mass is 10.0. The third-order valence-corrected chi connectivity index (χ3v) is 8.78. The molecule has 0 spiro atoms. The van der Waals surface area contributed by atoms with Crippen LogP contribution in [0.25, 0.3) is 10.8 Å². The number of halogens is 3. The molecule has 230 valence electrons. The van der Waals surface area contributed by atoms with Crippen LogP contribution in [-0.2, 0) is 6.42 Å². The van der Waals surface area contributed by atoms with Gasteiger partial charge in [0.05, 0.1) is 49.8 Å². The van der Waals surface area contributed by atoms with Crippen molar-refractivity contribution in [2.75, 3.05) is 52.4 Å². The molecule has 2 aliphatic heterocycles. The molecule has 2 aromatic carbocycles. The molecule has 2 saturated heterocycles. The van der Waals surface area contributed by atoms with Crippen LogP contribution in [-0.4, -0.2) is 77.0 Å². The summed E-state index contributed by atoms with van der Waals surface area (Å²) in [5, 5.41) is 6.55. The van der Waals surface area contributed by atoms with E-state index in [4.69, 9.17) is 5.10 Å². The molecular formula is C32H40Cl2FN7O. The quantitative estimate of drug-likeness (QED) is 0.206. The molecule has 2 aromatic heterocycles. The van der Waals surface area contributed by atoms with Gasteiger partial charge in [-0.3, -0.25) is 14.6 Å². The van der Waals surface area contributed by atoms with Gasteiger partial charge in [0.25, 0.3) is 5.56 Å². The van der Waals surface area contributed by atoms with E-state index in [0.717, 1.165) is 94.2 Å². The zero-order valence-electron chi connectivity index (χ0n) is 24.4. The lowest BCUT2D eigenvalue weighted by Crippen LogP contribution is -3.12. The summed E-state index contributed by atoms with van der Waals surface area (Å²) in [6, 6.07) is 16.3. The molecule has 2 N–H and O–H groups in total. The summed E-state index contributed by atoms with van der Waals surface area (Å²) < 4.78 is 15.2. The maximum atomic E-state index is 13.6. The average molecular weight is 629 g/mol. The molecule has 43 heavy (non-hydrogen) atoms. The fourth-order valence-electron chi connectivity index (χ4n) is 6.47. The summed E-state index contributed by atoms with van der Waals surface area (Å²) in [7, 11) is 0. The third kappa shape index (κ3) is 8.16. The van der Waals surface area contributed by atoms with Crippen molar-refractivity contribution < 1.29 is 39.0 Å². The molecular weight excluding hydrogens is 588 g/mol. The summed E-state index contributed by atoms with van der Waals surface area (Å²) in [4.78, 5) is 28.0. The first-order chi connectivity index (χ1) is 20.1. The first-order valence-electron chi connectivity index (χ1n) is 15.1. The van der Waals surface area contributed by atoms with E-state index in [-0.39, 0.29) is 42.2 Å². The minimum absolute atomic E-state index is 0. The Hall–Kier alpha value is -2.95. The maximum Gasteiger partial charge on any atom is 0.327 e. The van der Waals surface area contributed by atoms with Crippen LogP contribution in [0.1, 0.15) is 43.0 Å². The number of quaternary nitrogens is 2. The summed E-state index contributed by atoms with van der Waals surface area (Å²) in [5.41, 5.74) is 1.86. The maximum absolute atomic E-state index is 13.6. The Morgan fingerprint density at radius 1 is 0.860 bits per heavy atom. The normalized spacial score (nSPS) is 19.7. The Bertz CT molecular complexity index is 1500. The van der Waals surface area contributed by atoms with Crippen molar-refractivity contribution in [3.63, 3.8) is 0 Å². The van der Waals surface area contributed by atoms with Crippen LogP contribution >= 0.6 is 0 Å². The lowest BCUT2D eigenvalue weighted by molar-refractivity contribution is -0.899. The zero-order chi connectivity index (χ0) is 28.0. The van der Waals surface area contributed by atoms with Crippen LogP contribution in [0.4, 0.5) is 10.3 Å². The van der Waals surface area contributed by atoms with E-state index in [9.17, 15) is 9.18 Å². The van der Waals surface area contributed by atoms with Crippen LogP contribution < -0.4 is 40.2 Å². The highest BCUT2D eigenvalue weighted by Gasteiger charge is 2.26. The number of piperazine rings is 1. The number of hydrogen-bond donors (Lipinski definition) is 2. The Morgan fingerprint density at radius 3 is 2.33 bits per heavy atom. The van der Waals surface area contributed by atoms with Gasteiger partial charge in [0.2, 0.25) is 0 Å². The number of likely N-dealkylation sites (tertiary alicyclic amines) is 1. The van der Waals surface area contributed by atoms with E-state index in [2.05, 4.69) is 14.9 Å². The van der Waals surface area contributed by atoms with Gasteiger partial charge in [-0.05, 0) is 42.7 Å². The second-order valence-electron chi connectivity index (χ2n) is 11.5. The van der Waals surface area contributed by atoms with Crippen LogP contribution in [0.2, 0.25) is 0 Å². The van der Waals surface area contributed by atoms with E-state index in [1.165, 1.54) is 23.5 Å². The molecule has 0 bridgehead atoms. The highest BCUT2D eigenvalue weighted by molar-refractivity contribution is 5.83. The minimum atomic E-state index is -0.247. The van der Waals surface area contributed by atoms with Crippen LogP contribution in [0.3, 0.4) is 0 Å². The van der Waals surface area contributed by atoms with Crippen molar-refractivity contribution in [2.24, 2.45) is 0 Å². The number of nitrogens with zero attached hydrogens (tertiary/aromatic N) is 5. The summed E-state index contributed by atoms with van der Waals surface area (Å²) in [5.74, 6) is 0.669. The van der Waals surface area contributed by atoms with Crippen molar-refractivity contribution >= 4 is 16.7 Å². The number of benzene rings is 2. The molecule has 0 amide bonds. The van der Waals surface area contributed by atoms with Crippen molar-refractivity contribution in [2.45, 2.75) is 38.1 Å². The highest BCUT2D eigenvalue weighted by Crippen LogP contribution is 2.21. The molecule has 2 fully saturated rings. The fraction of sp³-hybridized carbons (Fsp3) is 0.438. The molecule has 0 aliphatic carbocycles. The molecule has 6 rings (SSSR count). The molecule has 8 nitrogen and oxygen atoms in total. The Balaban J connectivity index is 0.00000212. The van der Waals surface area contributed by atoms with Crippen molar-refractivity contribution in [1.29, 1.82) is 0 Å². The van der Waals surface area contributed by atoms with E-state index in [0.29, 0.717) is 11.8 Å². The lowest BCUT2D eigenvalue weighted by Gasteiger charge is -2.30. The summed E-state index contributed by atoms with van der Waals surface area (Å²) in [6.45, 7) is 8.78. The standard InChI is InChI=1S/C32H38FN7O.2ClH/c33-26-11-9-25(10-12-26)24-30-28-7-1-2-8-29(28)31(41)40(36-30)27-6-3-16-37(19-13-27)17-5-18-38-20-22-39(23-21-38)32-34-14-4-15-35-32;;/h1-2,4,7-12,14-15,27H,3,5-6,13,16-24H2;2*1H. The van der Waals surface area contributed by atoms with Gasteiger partial charge in [0.1, 0.15) is 5.82 Å². The third-order valence-electron chi connectivity index (χ3n) is 8.78. The van der Waals surface area contributed by atoms with E-state index in [1.54, 1.807) is 21.7 Å². The Kier molecular flexibility index (Phi) is 12.0. The predicted octanol–water partition coefficient (Wildman–Crippen LogP) is -4.54. The van der Waals surface area contributed by atoms with Gasteiger partial charge >= 0.3 is 5.95 Å². The van der Waals surface area contributed by atoms with Gasteiger partial charge in [0.15, 0.2) is 0 Å². The van der Waals surface area contributed by atoms with E-state index < -0.39 is 0 Å². The summed E-state index contributed by atoms with van der Waals surface area (Å²) in [6.07, 6.45) is 8.43. The molecule has 4 aromatic rings. The van der Waals surface area contributed by atoms with Crippen LogP contribution in [0, 0.1) is 5.82 Å². The van der Waals surface area contributed by atoms with Gasteiger partial charge in [-0.2, -0.15) is 15.1 Å². The number of aromatic nitrogens is 4. The first-order valence-corrected chi connectivity index (χ1v) is 15.1. The molecule has 2 aliphatic rings. The van der Waals surface area contributed by atoms with E-state index >= 15 is 0 Å². The smallest absolute Gasteiger partial charge is 0.327 e. The minimum Gasteiger partial charge on any atom is -1.00 e. The Morgan fingerprint density at radius 2 is 1.58 bits per heavy atom. The second kappa shape index (κ2) is 15.7. The number of fused-ring (bicyclic) bond motifs is 1. The monoisotopic (exact) mass is 627 g/mol. The van der Waals surface area contributed by atoms with Crippen LogP contribution in [0.5, 0.6) is 0 Å². The van der Waals surface area contributed by atoms with Crippen molar-refractivity contribution in [3.8, 4) is 0 Å². The molecule has 2 unspecified atom stereocenters. The van der Waals surface area contributed by atoms with Gasteiger partial charge < -0.3 is 29.7 Å². The molecule has 0 saturated carbocycles. The van der Waals surface area contributed by atoms with Crippen molar-refractivity contribution in [1.82, 2.24) is 24.6 Å². The fourth-order valence-corrected chi connectivity index (χ4v) is 6.47.